The molecule has 0 saturated carbocycles. The summed E-state index contributed by atoms with van der Waals surface area (Å²) in [7, 11) is 3.16. The van der Waals surface area contributed by atoms with Crippen molar-refractivity contribution in [2.75, 3.05) is 24.9 Å². The number of nitrogens with one attached hydrogen (secondary N) is 2. The zero-order valence-electron chi connectivity index (χ0n) is 19.4. The Morgan fingerprint density at radius 3 is 2.42 bits per heavy atom. The van der Waals surface area contributed by atoms with Crippen molar-refractivity contribution in [3.05, 3.63) is 85.0 Å². The van der Waals surface area contributed by atoms with Gasteiger partial charge in [-0.25, -0.2) is 9.97 Å². The number of carbonyl (C=O) groups excluding carboxylic acids is 1. The summed E-state index contributed by atoms with van der Waals surface area (Å²) >= 11 is 0. The minimum Gasteiger partial charge on any atom is -0.493 e. The number of hydrogen-bond donors (Lipinski definition) is 2. The van der Waals surface area contributed by atoms with E-state index in [0.717, 1.165) is 11.1 Å². The Bertz CT molecular complexity index is 1500. The fourth-order valence-electron chi connectivity index (χ4n) is 3.54. The third kappa shape index (κ3) is 4.73. The lowest BCUT2D eigenvalue weighted by molar-refractivity contribution is 0.102. The molecular formula is C26H21N5O5. The van der Waals surface area contributed by atoms with Gasteiger partial charge in [-0.15, -0.1) is 0 Å². The average Bonchev–Trinajstić information content (AvgIpc) is 3.42. The normalized spacial score (nSPS) is 10.6. The standard InChI is InChI=1S/C26H21N5O5/c1-33-22-14-19-20(15-23(22)34-2)27-11-9-21(19)36-17-7-5-16(6-8-17)30-24-18(4-3-10-28-24)25(32)31-26-29-12-13-35-26/h3-15H,1-2H3,(H,28,30)(H,29,31,32). The van der Waals surface area contributed by atoms with Crippen LogP contribution in [0.25, 0.3) is 10.9 Å². The van der Waals surface area contributed by atoms with Gasteiger partial charge in [-0.3, -0.25) is 15.1 Å². The molecule has 0 radical (unpaired) electrons. The van der Waals surface area contributed by atoms with Gasteiger partial charge in [0.05, 0.1) is 31.5 Å². The molecule has 10 nitrogen and oxygen atoms in total. The number of nitrogens with zero attached hydrogens (tertiary/aromatic N) is 3. The average molecular weight is 483 g/mol. The zero-order chi connectivity index (χ0) is 24.9. The number of fused-ring (bicyclic) bond motifs is 1. The van der Waals surface area contributed by atoms with E-state index >= 15 is 0 Å². The van der Waals surface area contributed by atoms with Crippen LogP contribution in [0.1, 0.15) is 10.4 Å². The largest absolute Gasteiger partial charge is 0.493 e. The predicted molar refractivity (Wildman–Crippen MR) is 133 cm³/mol. The molecular weight excluding hydrogens is 462 g/mol. The molecule has 0 unspecified atom stereocenters. The van der Waals surface area contributed by atoms with Gasteiger partial charge >= 0.3 is 6.01 Å². The van der Waals surface area contributed by atoms with Crippen molar-refractivity contribution in [2.24, 2.45) is 0 Å². The first-order valence-corrected chi connectivity index (χ1v) is 10.9. The summed E-state index contributed by atoms with van der Waals surface area (Å²) in [5.74, 6) is 2.40. The molecule has 5 aromatic rings. The molecule has 3 aromatic heterocycles. The van der Waals surface area contributed by atoms with Crippen LogP contribution >= 0.6 is 0 Å². The van der Waals surface area contributed by atoms with Crippen molar-refractivity contribution < 1.29 is 23.4 Å². The van der Waals surface area contributed by atoms with Crippen LogP contribution in [0.2, 0.25) is 0 Å². The second-order valence-electron chi connectivity index (χ2n) is 7.48. The lowest BCUT2D eigenvalue weighted by Gasteiger charge is -2.13. The molecule has 0 atom stereocenters. The van der Waals surface area contributed by atoms with Gasteiger partial charge in [-0.1, -0.05) is 0 Å². The highest BCUT2D eigenvalue weighted by Gasteiger charge is 2.15. The number of hydrogen-bond acceptors (Lipinski definition) is 9. The fraction of sp³-hybridized carbons (Fsp3) is 0.0769. The predicted octanol–water partition coefficient (Wildman–Crippen LogP) is 5.42. The number of ether oxygens (including phenoxy) is 3. The number of amides is 1. The number of oxazole rings is 1. The fourth-order valence-corrected chi connectivity index (χ4v) is 3.54. The number of anilines is 3. The van der Waals surface area contributed by atoms with Crippen molar-refractivity contribution in [3.8, 4) is 23.0 Å². The minimum atomic E-state index is -0.398. The Morgan fingerprint density at radius 1 is 0.861 bits per heavy atom. The van der Waals surface area contributed by atoms with E-state index in [-0.39, 0.29) is 6.01 Å². The van der Waals surface area contributed by atoms with Gasteiger partial charge in [-0.2, -0.15) is 0 Å². The van der Waals surface area contributed by atoms with E-state index in [1.807, 2.05) is 30.3 Å². The molecule has 0 fully saturated rings. The molecule has 0 aliphatic carbocycles. The SMILES string of the molecule is COc1cc2nccc(Oc3ccc(Nc4ncccc4C(=O)Nc4ncco4)cc3)c2cc1OC. The Labute approximate surface area is 205 Å². The first kappa shape index (κ1) is 22.7. The highest BCUT2D eigenvalue weighted by Crippen LogP contribution is 2.37. The van der Waals surface area contributed by atoms with Gasteiger partial charge in [0.1, 0.15) is 23.6 Å². The molecule has 2 aromatic carbocycles. The lowest BCUT2D eigenvalue weighted by atomic mass is 10.2. The summed E-state index contributed by atoms with van der Waals surface area (Å²) in [6, 6.07) is 16.1. The third-order valence-corrected chi connectivity index (χ3v) is 5.26. The second kappa shape index (κ2) is 10.0. The number of benzene rings is 2. The molecule has 36 heavy (non-hydrogen) atoms. The minimum absolute atomic E-state index is 0.107. The molecule has 1 amide bonds. The number of carbonyl (C=O) groups is 1. The Hall–Kier alpha value is -5.12. The monoisotopic (exact) mass is 483 g/mol. The van der Waals surface area contributed by atoms with Crippen molar-refractivity contribution in [2.45, 2.75) is 0 Å². The van der Waals surface area contributed by atoms with Gasteiger partial charge in [-0.05, 0) is 48.5 Å². The third-order valence-electron chi connectivity index (χ3n) is 5.26. The van der Waals surface area contributed by atoms with Crippen LogP contribution in [0.5, 0.6) is 23.0 Å². The molecule has 0 spiro atoms. The smallest absolute Gasteiger partial charge is 0.301 e. The molecule has 2 N–H and O–H groups in total. The Balaban J connectivity index is 1.34. The number of aromatic nitrogens is 3. The summed E-state index contributed by atoms with van der Waals surface area (Å²) in [6.45, 7) is 0. The van der Waals surface area contributed by atoms with Gasteiger partial charge in [0.2, 0.25) is 0 Å². The quantitative estimate of drug-likeness (QED) is 0.298. The number of pyridine rings is 2. The number of rotatable bonds is 8. The van der Waals surface area contributed by atoms with Crippen molar-refractivity contribution >= 4 is 34.3 Å². The van der Waals surface area contributed by atoms with Crippen molar-refractivity contribution in [1.82, 2.24) is 15.0 Å². The van der Waals surface area contributed by atoms with E-state index in [4.69, 9.17) is 18.6 Å². The Morgan fingerprint density at radius 2 is 1.67 bits per heavy atom. The van der Waals surface area contributed by atoms with Gasteiger partial charge in [0, 0.05) is 29.5 Å². The summed E-state index contributed by atoms with van der Waals surface area (Å²) in [5, 5.41) is 6.54. The van der Waals surface area contributed by atoms with Crippen LogP contribution < -0.4 is 24.8 Å². The summed E-state index contributed by atoms with van der Waals surface area (Å²) < 4.78 is 22.0. The number of methoxy groups -OCH3 is 2. The van der Waals surface area contributed by atoms with E-state index in [1.165, 1.54) is 12.5 Å². The van der Waals surface area contributed by atoms with E-state index in [0.29, 0.717) is 39.9 Å². The van der Waals surface area contributed by atoms with E-state index in [1.54, 1.807) is 50.9 Å². The molecule has 0 saturated heterocycles. The zero-order valence-corrected chi connectivity index (χ0v) is 19.4. The first-order chi connectivity index (χ1) is 17.6. The summed E-state index contributed by atoms with van der Waals surface area (Å²) in [4.78, 5) is 25.2. The maximum absolute atomic E-state index is 12.6. The molecule has 10 heteroatoms. The molecule has 180 valence electrons. The maximum atomic E-state index is 12.6. The first-order valence-electron chi connectivity index (χ1n) is 10.9. The summed E-state index contributed by atoms with van der Waals surface area (Å²) in [6.07, 6.45) is 6.10. The van der Waals surface area contributed by atoms with Gasteiger partial charge < -0.3 is 23.9 Å². The maximum Gasteiger partial charge on any atom is 0.301 e. The van der Waals surface area contributed by atoms with Crippen molar-refractivity contribution in [1.29, 1.82) is 0 Å². The molecule has 0 aliphatic heterocycles. The van der Waals surface area contributed by atoms with Gasteiger partial charge in [0.15, 0.2) is 11.5 Å². The van der Waals surface area contributed by atoms with Crippen LogP contribution in [0.4, 0.5) is 17.5 Å². The van der Waals surface area contributed by atoms with E-state index in [2.05, 4.69) is 25.6 Å². The lowest BCUT2D eigenvalue weighted by Crippen LogP contribution is -2.14. The van der Waals surface area contributed by atoms with Crippen molar-refractivity contribution in [3.63, 3.8) is 0 Å². The molecule has 0 aliphatic rings. The molecule has 0 bridgehead atoms. The highest BCUT2D eigenvalue weighted by molar-refractivity contribution is 6.06. The Kier molecular flexibility index (Phi) is 6.31. The van der Waals surface area contributed by atoms with E-state index in [9.17, 15) is 4.79 Å². The van der Waals surface area contributed by atoms with Crippen LogP contribution in [0.3, 0.4) is 0 Å². The molecule has 3 heterocycles. The second-order valence-corrected chi connectivity index (χ2v) is 7.48. The van der Waals surface area contributed by atoms with Crippen LogP contribution in [0, 0.1) is 0 Å². The molecule has 5 rings (SSSR count). The topological polar surface area (TPSA) is 121 Å². The van der Waals surface area contributed by atoms with Gasteiger partial charge in [0.25, 0.3) is 5.91 Å². The van der Waals surface area contributed by atoms with Crippen LogP contribution in [-0.2, 0) is 0 Å². The highest BCUT2D eigenvalue weighted by atomic mass is 16.5. The summed E-state index contributed by atoms with van der Waals surface area (Å²) in [5.41, 5.74) is 1.77. The van der Waals surface area contributed by atoms with Crippen LogP contribution in [0.15, 0.2) is 83.9 Å². The van der Waals surface area contributed by atoms with E-state index < -0.39 is 5.91 Å². The van der Waals surface area contributed by atoms with Crippen LogP contribution in [-0.4, -0.2) is 35.1 Å².